The average Bonchev–Trinajstić information content (AvgIpc) is 3.34. The van der Waals surface area contributed by atoms with Crippen molar-refractivity contribution in [2.75, 3.05) is 6.54 Å². The molecule has 0 fully saturated rings. The van der Waals surface area contributed by atoms with Crippen molar-refractivity contribution in [3.8, 4) is 0 Å². The lowest BCUT2D eigenvalue weighted by molar-refractivity contribution is -0.193. The van der Waals surface area contributed by atoms with Gasteiger partial charge in [-0.05, 0) is 56.7 Å². The fraction of sp³-hybridized carbons (Fsp3) is 0.618. The van der Waals surface area contributed by atoms with Gasteiger partial charge in [-0.2, -0.15) is 26.3 Å². The molecule has 0 aliphatic carbocycles. The Kier molecular flexibility index (Phi) is 16.9. The third-order valence-electron chi connectivity index (χ3n) is 8.69. The lowest BCUT2D eigenvalue weighted by Crippen LogP contribution is -2.45. The fourth-order valence-corrected chi connectivity index (χ4v) is 5.43. The molecular formula is C34H47F6N3O9. The van der Waals surface area contributed by atoms with Gasteiger partial charge >= 0.3 is 30.3 Å². The number of nitrogens with zero attached hydrogens (tertiary/aromatic N) is 2. The van der Waals surface area contributed by atoms with Crippen LogP contribution in [0.2, 0.25) is 0 Å². The summed E-state index contributed by atoms with van der Waals surface area (Å²) in [5, 5.41) is 36.0. The van der Waals surface area contributed by atoms with Crippen molar-refractivity contribution in [2.24, 2.45) is 23.0 Å². The molecular weight excluding hydrogens is 708 g/mol. The molecule has 0 unspecified atom stereocenters. The molecule has 0 spiro atoms. The number of carboxylic acids is 2. The predicted octanol–water partition coefficient (Wildman–Crippen LogP) is 5.65. The number of carbonyl (C=O) groups is 4. The second-order valence-corrected chi connectivity index (χ2v) is 13.2. The van der Waals surface area contributed by atoms with E-state index in [1.807, 2.05) is 32.0 Å². The van der Waals surface area contributed by atoms with Gasteiger partial charge < -0.3 is 35.5 Å². The normalized spacial score (nSPS) is 24.7. The van der Waals surface area contributed by atoms with Crippen LogP contribution in [0.25, 0.3) is 11.0 Å². The summed E-state index contributed by atoms with van der Waals surface area (Å²) in [5.41, 5.74) is 8.34. The number of allylic oxidation sites excluding steroid dienone is 1. The van der Waals surface area contributed by atoms with Gasteiger partial charge in [-0.15, -0.1) is 0 Å². The topological polar surface area (TPSA) is 202 Å². The van der Waals surface area contributed by atoms with Crippen molar-refractivity contribution in [1.82, 2.24) is 9.55 Å². The van der Waals surface area contributed by atoms with Crippen LogP contribution in [0.3, 0.4) is 0 Å². The molecule has 0 radical (unpaired) electrons. The second-order valence-electron chi connectivity index (χ2n) is 13.2. The van der Waals surface area contributed by atoms with E-state index < -0.39 is 59.9 Å². The number of carbonyl (C=O) groups excluding carboxylic acids is 2. The molecule has 2 aromatic rings. The molecule has 0 saturated carbocycles. The van der Waals surface area contributed by atoms with Crippen molar-refractivity contribution >= 4 is 34.7 Å². The number of aliphatic hydroxyl groups excluding tert-OH is 2. The van der Waals surface area contributed by atoms with Gasteiger partial charge in [0.25, 0.3) is 0 Å². The van der Waals surface area contributed by atoms with E-state index in [4.69, 9.17) is 30.3 Å². The summed E-state index contributed by atoms with van der Waals surface area (Å²) in [7, 11) is 0. The quantitative estimate of drug-likeness (QED) is 0.147. The Balaban J connectivity index is 0.000000812. The number of aliphatic carboxylic acids is 2. The number of alkyl halides is 6. The summed E-state index contributed by atoms with van der Waals surface area (Å²) in [6.45, 7) is 12.1. The van der Waals surface area contributed by atoms with Gasteiger partial charge in [0.05, 0.1) is 35.1 Å². The number of cyclic esters (lactones) is 1. The third kappa shape index (κ3) is 13.5. The van der Waals surface area contributed by atoms with E-state index in [-0.39, 0.29) is 18.1 Å². The Labute approximate surface area is 296 Å². The second kappa shape index (κ2) is 19.2. The smallest absolute Gasteiger partial charge is 0.475 e. The van der Waals surface area contributed by atoms with Crippen molar-refractivity contribution < 1.29 is 70.7 Å². The number of aliphatic hydroxyl groups is 2. The number of halogens is 6. The molecule has 2 heterocycles. The van der Waals surface area contributed by atoms with Gasteiger partial charge in [-0.25, -0.2) is 14.6 Å². The zero-order valence-corrected chi connectivity index (χ0v) is 29.7. The van der Waals surface area contributed by atoms with E-state index >= 15 is 0 Å². The molecule has 0 saturated heterocycles. The number of hydrogen-bond donors (Lipinski definition) is 5. The highest BCUT2D eigenvalue weighted by atomic mass is 19.4. The van der Waals surface area contributed by atoms with E-state index in [1.54, 1.807) is 20.8 Å². The van der Waals surface area contributed by atoms with Gasteiger partial charge in [-0.1, -0.05) is 45.4 Å². The summed E-state index contributed by atoms with van der Waals surface area (Å²) in [5.74, 6) is -6.19. The van der Waals surface area contributed by atoms with Crippen LogP contribution in [0.1, 0.15) is 84.2 Å². The van der Waals surface area contributed by atoms with Crippen LogP contribution in [-0.2, 0) is 30.5 Å². The largest absolute Gasteiger partial charge is 0.490 e. The van der Waals surface area contributed by atoms with Gasteiger partial charge in [0, 0.05) is 25.4 Å². The lowest BCUT2D eigenvalue weighted by atomic mass is 9.73. The van der Waals surface area contributed by atoms with Crippen LogP contribution in [0.15, 0.2) is 29.8 Å². The van der Waals surface area contributed by atoms with Crippen LogP contribution in [-0.4, -0.2) is 84.8 Å². The summed E-state index contributed by atoms with van der Waals surface area (Å²) < 4.78 is 71.5. The third-order valence-corrected chi connectivity index (χ3v) is 8.69. The number of aryl methyl sites for hydroxylation is 1. The van der Waals surface area contributed by atoms with E-state index in [0.717, 1.165) is 41.7 Å². The summed E-state index contributed by atoms with van der Waals surface area (Å²) in [6.07, 6.45) is -7.99. The van der Waals surface area contributed by atoms with Crippen molar-refractivity contribution in [1.29, 1.82) is 0 Å². The standard InChI is InChI=1S/C30H45N3O5.2C2HF3O2/c1-18-8-7-9-19(2)28(36)20(3)29(37)30(5,6)26(34)17-27(35)38-25(13-10-18)22-11-12-24-23(16-22)32-21(4)33(24)15-14-31;2*3-2(4,5)1(6)7/h10-12,16,19-20,25-26,28,34,36H,7-9,13-15,17,31H2,1-6H3;2*(H,6,7)/b18-10-;;/t19-,20+,25-,26-,28-;;/m0../s1. The van der Waals surface area contributed by atoms with Crippen LogP contribution >= 0.6 is 0 Å². The van der Waals surface area contributed by atoms with Crippen LogP contribution < -0.4 is 5.73 Å². The molecule has 1 aromatic carbocycles. The van der Waals surface area contributed by atoms with Gasteiger partial charge in [0.15, 0.2) is 0 Å². The van der Waals surface area contributed by atoms with Crippen LogP contribution in [0, 0.1) is 24.2 Å². The first kappa shape index (κ1) is 46.0. The molecule has 6 N–H and O–H groups in total. The van der Waals surface area contributed by atoms with E-state index in [1.165, 1.54) is 5.57 Å². The molecule has 12 nitrogen and oxygen atoms in total. The molecule has 0 bridgehead atoms. The van der Waals surface area contributed by atoms with Gasteiger partial charge in [0.2, 0.25) is 0 Å². The number of ether oxygens (including phenoxy) is 1. The molecule has 0 amide bonds. The highest BCUT2D eigenvalue weighted by Gasteiger charge is 2.42. The van der Waals surface area contributed by atoms with Crippen LogP contribution in [0.5, 0.6) is 0 Å². The number of hydrogen-bond acceptors (Lipinski definition) is 9. The Morgan fingerprint density at radius 1 is 1.02 bits per heavy atom. The number of carboxylic acid groups (broad SMARTS) is 2. The molecule has 1 aliphatic heterocycles. The average molecular weight is 756 g/mol. The number of imidazole rings is 1. The Bertz CT molecular complexity index is 1550. The maximum Gasteiger partial charge on any atom is 0.490 e. The highest BCUT2D eigenvalue weighted by molar-refractivity contribution is 5.88. The zero-order chi connectivity index (χ0) is 40.4. The number of ketones is 1. The maximum absolute atomic E-state index is 13.3. The minimum absolute atomic E-state index is 0.0606. The number of fused-ring (bicyclic) bond motifs is 1. The molecule has 1 aromatic heterocycles. The predicted molar refractivity (Wildman–Crippen MR) is 176 cm³/mol. The first-order valence-corrected chi connectivity index (χ1v) is 16.3. The Morgan fingerprint density at radius 3 is 2.06 bits per heavy atom. The van der Waals surface area contributed by atoms with Gasteiger partial charge in [-0.3, -0.25) is 9.59 Å². The van der Waals surface area contributed by atoms with Gasteiger partial charge in [0.1, 0.15) is 17.7 Å². The maximum atomic E-state index is 13.3. The first-order chi connectivity index (χ1) is 23.7. The summed E-state index contributed by atoms with van der Waals surface area (Å²) >= 11 is 0. The van der Waals surface area contributed by atoms with Crippen molar-refractivity contribution in [2.45, 2.75) is 111 Å². The van der Waals surface area contributed by atoms with Crippen LogP contribution in [0.4, 0.5) is 26.3 Å². The first-order valence-electron chi connectivity index (χ1n) is 16.3. The van der Waals surface area contributed by atoms with Crippen molar-refractivity contribution in [3.63, 3.8) is 0 Å². The lowest BCUT2D eigenvalue weighted by Gasteiger charge is -2.34. The number of Topliss-reactive ketones (excluding diaryl/α,β-unsaturated/α-hetero) is 1. The molecule has 5 atom stereocenters. The van der Waals surface area contributed by atoms with Crippen molar-refractivity contribution in [3.05, 3.63) is 41.2 Å². The number of rotatable bonds is 3. The number of aromatic nitrogens is 2. The minimum atomic E-state index is -5.08. The zero-order valence-electron chi connectivity index (χ0n) is 29.7. The number of benzene rings is 1. The minimum Gasteiger partial charge on any atom is -0.475 e. The summed E-state index contributed by atoms with van der Waals surface area (Å²) in [6, 6.07) is 5.88. The molecule has 3 rings (SSSR count). The monoisotopic (exact) mass is 755 g/mol. The number of nitrogens with two attached hydrogens (primary N) is 1. The summed E-state index contributed by atoms with van der Waals surface area (Å²) in [4.78, 5) is 48.8. The fourth-order valence-electron chi connectivity index (χ4n) is 5.43. The Hall–Kier alpha value is -4.03. The highest BCUT2D eigenvalue weighted by Crippen LogP contribution is 2.34. The Morgan fingerprint density at radius 2 is 1.56 bits per heavy atom. The molecule has 52 heavy (non-hydrogen) atoms. The molecule has 1 aliphatic rings. The molecule has 18 heteroatoms. The molecule has 294 valence electrons. The van der Waals surface area contributed by atoms with E-state index in [0.29, 0.717) is 19.5 Å². The number of esters is 1. The SMILES string of the molecule is C/C1=C/C[C@@H](c2ccc3c(c2)nc(C)n3CCN)OC(=O)C[C@H](O)C(C)(C)C(=O)[C@H](C)[C@@H](O)[C@@H](C)CCC1.O=C(O)C(F)(F)F.O=C(O)C(F)(F)F. The van der Waals surface area contributed by atoms with E-state index in [2.05, 4.69) is 22.6 Å². The van der Waals surface area contributed by atoms with E-state index in [9.17, 15) is 46.1 Å².